The highest BCUT2D eigenvalue weighted by molar-refractivity contribution is 7.89. The number of nitrogens with zero attached hydrogens (tertiary/aromatic N) is 2. The van der Waals surface area contributed by atoms with Gasteiger partial charge in [0.05, 0.1) is 10.8 Å². The molecule has 2 aliphatic rings. The predicted molar refractivity (Wildman–Crippen MR) is 123 cm³/mol. The summed E-state index contributed by atoms with van der Waals surface area (Å²) in [5.74, 6) is -0.445. The molecule has 0 saturated carbocycles. The van der Waals surface area contributed by atoms with Crippen molar-refractivity contribution in [1.82, 2.24) is 9.62 Å². The molecule has 2 heterocycles. The van der Waals surface area contributed by atoms with E-state index in [4.69, 9.17) is 11.6 Å². The summed E-state index contributed by atoms with van der Waals surface area (Å²) in [6.45, 7) is 3.28. The van der Waals surface area contributed by atoms with Crippen molar-refractivity contribution >= 4 is 33.2 Å². The highest BCUT2D eigenvalue weighted by Gasteiger charge is 2.33. The first-order valence-electron chi connectivity index (χ1n) is 10.8. The van der Waals surface area contributed by atoms with Gasteiger partial charge in [-0.1, -0.05) is 23.7 Å². The van der Waals surface area contributed by atoms with Crippen LogP contribution in [-0.2, 0) is 21.4 Å². The number of halogens is 1. The number of hydrogen-bond acceptors (Lipinski definition) is 4. The highest BCUT2D eigenvalue weighted by atomic mass is 35.5. The number of benzene rings is 2. The van der Waals surface area contributed by atoms with E-state index in [1.807, 2.05) is 12.1 Å². The van der Waals surface area contributed by atoms with Crippen LogP contribution in [0.15, 0.2) is 53.4 Å². The first-order chi connectivity index (χ1) is 14.9. The van der Waals surface area contributed by atoms with Crippen molar-refractivity contribution in [3.63, 3.8) is 0 Å². The second-order valence-corrected chi connectivity index (χ2v) is 10.6. The van der Waals surface area contributed by atoms with Crippen LogP contribution in [0.5, 0.6) is 0 Å². The van der Waals surface area contributed by atoms with Crippen molar-refractivity contribution in [2.24, 2.45) is 5.92 Å². The fourth-order valence-electron chi connectivity index (χ4n) is 4.26. The Morgan fingerprint density at radius 2 is 1.65 bits per heavy atom. The van der Waals surface area contributed by atoms with Crippen LogP contribution in [-0.4, -0.2) is 44.8 Å². The summed E-state index contributed by atoms with van der Waals surface area (Å²) in [7, 11) is -3.64. The third kappa shape index (κ3) is 5.22. The minimum Gasteiger partial charge on any atom is -0.372 e. The van der Waals surface area contributed by atoms with Crippen molar-refractivity contribution in [1.29, 1.82) is 0 Å². The first kappa shape index (κ1) is 22.1. The van der Waals surface area contributed by atoms with Crippen LogP contribution in [0.3, 0.4) is 0 Å². The fraction of sp³-hybridized carbons (Fsp3) is 0.435. The first-order valence-corrected chi connectivity index (χ1v) is 12.6. The van der Waals surface area contributed by atoms with E-state index in [-0.39, 0.29) is 23.3 Å². The van der Waals surface area contributed by atoms with Gasteiger partial charge in [-0.15, -0.1) is 0 Å². The molecule has 0 unspecified atom stereocenters. The Labute approximate surface area is 189 Å². The zero-order valence-corrected chi connectivity index (χ0v) is 19.0. The smallest absolute Gasteiger partial charge is 0.243 e. The van der Waals surface area contributed by atoms with Gasteiger partial charge in [0.2, 0.25) is 15.9 Å². The maximum atomic E-state index is 12.9. The standard InChI is InChI=1S/C23H28ClN3O3S/c24-20-7-11-22(12-8-20)31(29,30)27-15-3-4-19(17-27)23(28)25-16-18-5-9-21(10-6-18)26-13-1-2-14-26/h5-12,19H,1-4,13-17H2,(H,25,28)/t19-/m1/s1. The van der Waals surface area contributed by atoms with E-state index in [9.17, 15) is 13.2 Å². The lowest BCUT2D eigenvalue weighted by molar-refractivity contribution is -0.126. The van der Waals surface area contributed by atoms with Crippen LogP contribution in [0.25, 0.3) is 0 Å². The summed E-state index contributed by atoms with van der Waals surface area (Å²) < 4.78 is 27.3. The maximum absolute atomic E-state index is 12.9. The molecule has 0 radical (unpaired) electrons. The van der Waals surface area contributed by atoms with Crippen molar-refractivity contribution in [3.8, 4) is 0 Å². The minimum absolute atomic E-state index is 0.0976. The number of carbonyl (C=O) groups excluding carboxylic acids is 1. The van der Waals surface area contributed by atoms with Gasteiger partial charge < -0.3 is 10.2 Å². The zero-order chi connectivity index (χ0) is 21.8. The average Bonchev–Trinajstić information content (AvgIpc) is 3.33. The Morgan fingerprint density at radius 3 is 2.32 bits per heavy atom. The van der Waals surface area contributed by atoms with Crippen LogP contribution >= 0.6 is 11.6 Å². The molecule has 1 atom stereocenters. The van der Waals surface area contributed by atoms with E-state index in [1.165, 1.54) is 35.0 Å². The van der Waals surface area contributed by atoms with Crippen LogP contribution in [0.1, 0.15) is 31.2 Å². The number of piperidine rings is 1. The lowest BCUT2D eigenvalue weighted by Gasteiger charge is -2.31. The number of amides is 1. The molecule has 166 valence electrons. The molecule has 0 aromatic heterocycles. The molecule has 0 spiro atoms. The molecule has 31 heavy (non-hydrogen) atoms. The van der Waals surface area contributed by atoms with E-state index < -0.39 is 10.0 Å². The molecule has 4 rings (SSSR count). The number of rotatable bonds is 6. The van der Waals surface area contributed by atoms with Crippen molar-refractivity contribution in [2.45, 2.75) is 37.1 Å². The Bertz CT molecular complexity index is 1000. The van der Waals surface area contributed by atoms with Gasteiger partial charge in [0.1, 0.15) is 0 Å². The molecule has 1 N–H and O–H groups in total. The summed E-state index contributed by atoms with van der Waals surface area (Å²) >= 11 is 5.88. The Hall–Kier alpha value is -2.09. The summed E-state index contributed by atoms with van der Waals surface area (Å²) in [5, 5.41) is 3.47. The summed E-state index contributed by atoms with van der Waals surface area (Å²) in [5.41, 5.74) is 2.26. The molecule has 2 aromatic carbocycles. The molecule has 2 saturated heterocycles. The average molecular weight is 462 g/mol. The predicted octanol–water partition coefficient (Wildman–Crippen LogP) is 3.66. The van der Waals surface area contributed by atoms with Gasteiger partial charge in [0, 0.05) is 43.4 Å². The molecule has 2 aromatic rings. The largest absolute Gasteiger partial charge is 0.372 e. The fourth-order valence-corrected chi connectivity index (χ4v) is 5.91. The lowest BCUT2D eigenvalue weighted by atomic mass is 9.98. The molecular weight excluding hydrogens is 434 g/mol. The van der Waals surface area contributed by atoms with Crippen LogP contribution in [0.2, 0.25) is 5.02 Å². The number of carbonyl (C=O) groups is 1. The minimum atomic E-state index is -3.64. The maximum Gasteiger partial charge on any atom is 0.243 e. The third-order valence-electron chi connectivity index (χ3n) is 6.08. The quantitative estimate of drug-likeness (QED) is 0.712. The zero-order valence-electron chi connectivity index (χ0n) is 17.5. The molecule has 0 bridgehead atoms. The molecule has 2 fully saturated rings. The molecule has 2 aliphatic heterocycles. The van der Waals surface area contributed by atoms with Gasteiger partial charge in [-0.3, -0.25) is 4.79 Å². The van der Waals surface area contributed by atoms with E-state index >= 15 is 0 Å². The van der Waals surface area contributed by atoms with Crippen LogP contribution in [0.4, 0.5) is 5.69 Å². The molecule has 0 aliphatic carbocycles. The van der Waals surface area contributed by atoms with Crippen molar-refractivity contribution in [3.05, 3.63) is 59.1 Å². The molecule has 6 nitrogen and oxygen atoms in total. The van der Waals surface area contributed by atoms with Gasteiger partial charge in [-0.05, 0) is 67.6 Å². The number of hydrogen-bond donors (Lipinski definition) is 1. The van der Waals surface area contributed by atoms with Crippen molar-refractivity contribution in [2.75, 3.05) is 31.1 Å². The van der Waals surface area contributed by atoms with E-state index in [0.29, 0.717) is 31.0 Å². The second kappa shape index (κ2) is 9.59. The van der Waals surface area contributed by atoms with Gasteiger partial charge in [0.25, 0.3) is 0 Å². The summed E-state index contributed by atoms with van der Waals surface area (Å²) in [6.07, 6.45) is 3.83. The van der Waals surface area contributed by atoms with Gasteiger partial charge >= 0.3 is 0 Å². The third-order valence-corrected chi connectivity index (χ3v) is 8.21. The SMILES string of the molecule is O=C(NCc1ccc(N2CCCC2)cc1)[C@@H]1CCCN(S(=O)(=O)c2ccc(Cl)cc2)C1. The van der Waals surface area contributed by atoms with Crippen LogP contribution in [0, 0.1) is 5.92 Å². The van der Waals surface area contributed by atoms with E-state index in [2.05, 4.69) is 22.3 Å². The number of nitrogens with one attached hydrogen (secondary N) is 1. The van der Waals surface area contributed by atoms with Crippen LogP contribution < -0.4 is 10.2 Å². The van der Waals surface area contributed by atoms with Gasteiger partial charge in [-0.25, -0.2) is 8.42 Å². The molecular formula is C23H28ClN3O3S. The topological polar surface area (TPSA) is 69.7 Å². The number of sulfonamides is 1. The Morgan fingerprint density at radius 1 is 0.968 bits per heavy atom. The van der Waals surface area contributed by atoms with Gasteiger partial charge in [0.15, 0.2) is 0 Å². The lowest BCUT2D eigenvalue weighted by Crippen LogP contribution is -2.45. The normalized spacial score (nSPS) is 20.0. The molecule has 1 amide bonds. The highest BCUT2D eigenvalue weighted by Crippen LogP contribution is 2.25. The van der Waals surface area contributed by atoms with E-state index in [1.54, 1.807) is 12.1 Å². The Kier molecular flexibility index (Phi) is 6.84. The summed E-state index contributed by atoms with van der Waals surface area (Å²) in [4.78, 5) is 15.3. The second-order valence-electron chi connectivity index (χ2n) is 8.23. The summed E-state index contributed by atoms with van der Waals surface area (Å²) in [6, 6.07) is 14.5. The van der Waals surface area contributed by atoms with Gasteiger partial charge in [-0.2, -0.15) is 4.31 Å². The Balaban J connectivity index is 1.34. The monoisotopic (exact) mass is 461 g/mol. The molecule has 8 heteroatoms. The van der Waals surface area contributed by atoms with Crippen molar-refractivity contribution < 1.29 is 13.2 Å². The number of anilines is 1. The van der Waals surface area contributed by atoms with E-state index in [0.717, 1.165) is 18.7 Å².